The Balaban J connectivity index is 1.67. The fourth-order valence-corrected chi connectivity index (χ4v) is 4.52. The molecule has 3 rings (SSSR count). The minimum absolute atomic E-state index is 0.149. The Morgan fingerprint density at radius 2 is 2.07 bits per heavy atom. The molecule has 0 saturated carbocycles. The Morgan fingerprint density at radius 3 is 2.76 bits per heavy atom. The van der Waals surface area contributed by atoms with Crippen molar-refractivity contribution in [3.63, 3.8) is 0 Å². The molecule has 1 aromatic carbocycles. The number of primary amides is 1. The van der Waals surface area contributed by atoms with E-state index in [0.717, 1.165) is 10.4 Å². The van der Waals surface area contributed by atoms with Gasteiger partial charge < -0.3 is 15.6 Å². The molecule has 29 heavy (non-hydrogen) atoms. The van der Waals surface area contributed by atoms with E-state index in [0.29, 0.717) is 22.5 Å². The predicted molar refractivity (Wildman–Crippen MR) is 116 cm³/mol. The van der Waals surface area contributed by atoms with Gasteiger partial charge in [0.05, 0.1) is 16.7 Å². The molecule has 0 bridgehead atoms. The number of nitrogens with one attached hydrogen (secondary N) is 1. The van der Waals surface area contributed by atoms with Crippen molar-refractivity contribution in [2.24, 2.45) is 5.73 Å². The van der Waals surface area contributed by atoms with Crippen LogP contribution in [-0.4, -0.2) is 32.3 Å². The standard InChI is InChI=1S/C19H20ClN5O2S2/c1-12(13-5-2-3-6-14(13)20)22-17(27)11-29-19-24-23-18(15-7-4-10-28-15)25(19)9-8-16(21)26/h2-7,10,12H,8-9,11H2,1H3,(H2,21,26)(H,22,27). The molecular formula is C19H20ClN5O2S2. The van der Waals surface area contributed by atoms with E-state index in [-0.39, 0.29) is 24.1 Å². The zero-order valence-corrected chi connectivity index (χ0v) is 18.1. The van der Waals surface area contributed by atoms with Crippen LogP contribution >= 0.6 is 34.7 Å². The molecule has 2 amide bonds. The van der Waals surface area contributed by atoms with Crippen molar-refractivity contribution < 1.29 is 9.59 Å². The molecule has 0 spiro atoms. The average molecular weight is 450 g/mol. The number of carbonyl (C=O) groups is 2. The van der Waals surface area contributed by atoms with Gasteiger partial charge in [-0.15, -0.1) is 21.5 Å². The quantitative estimate of drug-likeness (QED) is 0.486. The van der Waals surface area contributed by atoms with Crippen molar-refractivity contribution in [3.8, 4) is 10.7 Å². The number of aromatic nitrogens is 3. The van der Waals surface area contributed by atoms with Crippen LogP contribution in [0.3, 0.4) is 0 Å². The number of carbonyl (C=O) groups excluding carboxylic acids is 2. The van der Waals surface area contributed by atoms with E-state index in [1.807, 2.05) is 47.2 Å². The maximum Gasteiger partial charge on any atom is 0.230 e. The minimum atomic E-state index is -0.405. The number of nitrogens with two attached hydrogens (primary N) is 1. The van der Waals surface area contributed by atoms with Gasteiger partial charge in [0, 0.05) is 18.0 Å². The van der Waals surface area contributed by atoms with Crippen LogP contribution in [0.5, 0.6) is 0 Å². The van der Waals surface area contributed by atoms with Crippen LogP contribution in [0.15, 0.2) is 46.9 Å². The van der Waals surface area contributed by atoms with Gasteiger partial charge >= 0.3 is 0 Å². The van der Waals surface area contributed by atoms with E-state index in [4.69, 9.17) is 17.3 Å². The van der Waals surface area contributed by atoms with Crippen molar-refractivity contribution in [1.82, 2.24) is 20.1 Å². The Morgan fingerprint density at radius 1 is 1.28 bits per heavy atom. The third kappa shape index (κ3) is 5.59. The van der Waals surface area contributed by atoms with Crippen LogP contribution in [-0.2, 0) is 16.1 Å². The Hall–Kier alpha value is -2.36. The lowest BCUT2D eigenvalue weighted by molar-refractivity contribution is -0.119. The van der Waals surface area contributed by atoms with Crippen LogP contribution in [0.4, 0.5) is 0 Å². The number of halogens is 1. The number of thioether (sulfide) groups is 1. The number of hydrogen-bond acceptors (Lipinski definition) is 6. The molecule has 7 nitrogen and oxygen atoms in total. The molecule has 1 unspecified atom stereocenters. The SMILES string of the molecule is CC(NC(=O)CSc1nnc(-c2cccs2)n1CCC(N)=O)c1ccccc1Cl. The third-order valence-electron chi connectivity index (χ3n) is 4.12. The predicted octanol–water partition coefficient (Wildman–Crippen LogP) is 3.50. The van der Waals surface area contributed by atoms with E-state index in [9.17, 15) is 9.59 Å². The van der Waals surface area contributed by atoms with Gasteiger partial charge in [0.2, 0.25) is 11.8 Å². The van der Waals surface area contributed by atoms with Crippen LogP contribution in [0, 0.1) is 0 Å². The molecule has 0 radical (unpaired) electrons. The third-order valence-corrected chi connectivity index (χ3v) is 6.30. The zero-order valence-electron chi connectivity index (χ0n) is 15.7. The monoisotopic (exact) mass is 449 g/mol. The first-order valence-corrected chi connectivity index (χ1v) is 11.1. The highest BCUT2D eigenvalue weighted by atomic mass is 35.5. The van der Waals surface area contributed by atoms with E-state index >= 15 is 0 Å². The lowest BCUT2D eigenvalue weighted by Crippen LogP contribution is -2.28. The maximum atomic E-state index is 12.4. The molecule has 0 aliphatic heterocycles. The summed E-state index contributed by atoms with van der Waals surface area (Å²) < 4.78 is 1.83. The molecule has 1 atom stereocenters. The second kappa shape index (κ2) is 9.91. The molecular weight excluding hydrogens is 430 g/mol. The van der Waals surface area contributed by atoms with Crippen LogP contribution in [0.1, 0.15) is 24.9 Å². The fourth-order valence-electron chi connectivity index (χ4n) is 2.72. The number of thiophene rings is 1. The molecule has 2 aromatic heterocycles. The maximum absolute atomic E-state index is 12.4. The molecule has 3 N–H and O–H groups in total. The molecule has 0 aliphatic carbocycles. The Labute approximate surface area is 181 Å². The van der Waals surface area contributed by atoms with Crippen molar-refractivity contribution >= 4 is 46.5 Å². The highest BCUT2D eigenvalue weighted by Gasteiger charge is 2.18. The van der Waals surface area contributed by atoms with Crippen LogP contribution in [0.25, 0.3) is 10.7 Å². The first kappa shape index (κ1) is 21.4. The Kier molecular flexibility index (Phi) is 7.29. The summed E-state index contributed by atoms with van der Waals surface area (Å²) in [6.07, 6.45) is 0.166. The van der Waals surface area contributed by atoms with E-state index < -0.39 is 5.91 Å². The molecule has 0 aliphatic rings. The second-order valence-electron chi connectivity index (χ2n) is 6.25. The summed E-state index contributed by atoms with van der Waals surface area (Å²) in [7, 11) is 0. The number of amides is 2. The van der Waals surface area contributed by atoms with Gasteiger partial charge in [-0.2, -0.15) is 0 Å². The van der Waals surface area contributed by atoms with Gasteiger partial charge in [0.25, 0.3) is 0 Å². The Bertz CT molecular complexity index is 990. The van der Waals surface area contributed by atoms with Gasteiger partial charge in [-0.05, 0) is 30.0 Å². The number of rotatable bonds is 9. The summed E-state index contributed by atoms with van der Waals surface area (Å²) >= 11 is 8.99. The fraction of sp³-hybridized carbons (Fsp3) is 0.263. The molecule has 3 aromatic rings. The topological polar surface area (TPSA) is 103 Å². The van der Waals surface area contributed by atoms with Crippen molar-refractivity contribution in [2.75, 3.05) is 5.75 Å². The molecule has 0 saturated heterocycles. The lowest BCUT2D eigenvalue weighted by Gasteiger charge is -2.15. The molecule has 0 fully saturated rings. The number of hydrogen-bond donors (Lipinski definition) is 2. The van der Waals surface area contributed by atoms with Crippen LogP contribution in [0.2, 0.25) is 5.02 Å². The average Bonchev–Trinajstić information content (AvgIpc) is 3.34. The van der Waals surface area contributed by atoms with Gasteiger partial charge in [0.1, 0.15) is 0 Å². The molecule has 10 heteroatoms. The van der Waals surface area contributed by atoms with Gasteiger partial charge in [-0.1, -0.05) is 47.6 Å². The highest BCUT2D eigenvalue weighted by Crippen LogP contribution is 2.28. The summed E-state index contributed by atoms with van der Waals surface area (Å²) in [5.41, 5.74) is 6.16. The van der Waals surface area contributed by atoms with E-state index in [1.165, 1.54) is 23.1 Å². The summed E-state index contributed by atoms with van der Waals surface area (Å²) in [4.78, 5) is 24.6. The smallest absolute Gasteiger partial charge is 0.230 e. The number of nitrogens with zero attached hydrogens (tertiary/aromatic N) is 3. The van der Waals surface area contributed by atoms with Gasteiger partial charge in [-0.3, -0.25) is 9.59 Å². The van der Waals surface area contributed by atoms with Crippen molar-refractivity contribution in [1.29, 1.82) is 0 Å². The largest absolute Gasteiger partial charge is 0.370 e. The normalized spacial score (nSPS) is 11.9. The van der Waals surface area contributed by atoms with Gasteiger partial charge in [0.15, 0.2) is 11.0 Å². The van der Waals surface area contributed by atoms with Crippen LogP contribution < -0.4 is 11.1 Å². The first-order valence-electron chi connectivity index (χ1n) is 8.87. The summed E-state index contributed by atoms with van der Waals surface area (Å²) in [5.74, 6) is 0.268. The second-order valence-corrected chi connectivity index (χ2v) is 8.55. The minimum Gasteiger partial charge on any atom is -0.370 e. The molecule has 152 valence electrons. The van der Waals surface area contributed by atoms with Crippen molar-refractivity contribution in [2.45, 2.75) is 31.1 Å². The van der Waals surface area contributed by atoms with Crippen molar-refractivity contribution in [3.05, 3.63) is 52.4 Å². The summed E-state index contributed by atoms with van der Waals surface area (Å²) in [6, 6.07) is 11.0. The highest BCUT2D eigenvalue weighted by molar-refractivity contribution is 7.99. The first-order chi connectivity index (χ1) is 14.0. The van der Waals surface area contributed by atoms with E-state index in [1.54, 1.807) is 6.07 Å². The van der Waals surface area contributed by atoms with E-state index in [2.05, 4.69) is 15.5 Å². The number of benzene rings is 1. The zero-order chi connectivity index (χ0) is 20.8. The molecule has 2 heterocycles. The lowest BCUT2D eigenvalue weighted by atomic mass is 10.1. The summed E-state index contributed by atoms with van der Waals surface area (Å²) in [5, 5.41) is 14.5. The summed E-state index contributed by atoms with van der Waals surface area (Å²) in [6.45, 7) is 2.24. The van der Waals surface area contributed by atoms with Gasteiger partial charge in [-0.25, -0.2) is 0 Å².